The van der Waals surface area contributed by atoms with Crippen molar-refractivity contribution in [2.24, 2.45) is 16.0 Å². The van der Waals surface area contributed by atoms with Gasteiger partial charge in [-0.05, 0) is 32.3 Å². The molecule has 0 radical (unpaired) electrons. The van der Waals surface area contributed by atoms with Crippen LogP contribution in [-0.4, -0.2) is 42.7 Å². The zero-order valence-corrected chi connectivity index (χ0v) is 14.1. The van der Waals surface area contributed by atoms with E-state index in [1.807, 2.05) is 6.92 Å². The summed E-state index contributed by atoms with van der Waals surface area (Å²) in [6.07, 6.45) is 1.78. The van der Waals surface area contributed by atoms with Crippen molar-refractivity contribution >= 4 is 16.1 Å². The van der Waals surface area contributed by atoms with Crippen molar-refractivity contribution in [3.63, 3.8) is 0 Å². The SMILES string of the molecule is CC1=C2C(=C[C@@](C)(COS(N)(=O)=O)[C@@H]2O)C(=O)[C@](C)(O)C12CC2. The van der Waals surface area contributed by atoms with Gasteiger partial charge in [-0.1, -0.05) is 18.6 Å². The van der Waals surface area contributed by atoms with Crippen LogP contribution < -0.4 is 5.14 Å². The first kappa shape index (κ1) is 16.8. The summed E-state index contributed by atoms with van der Waals surface area (Å²) in [6, 6.07) is 0. The van der Waals surface area contributed by atoms with Crippen LogP contribution in [0.15, 0.2) is 22.8 Å². The molecule has 0 aliphatic heterocycles. The number of hydrogen-bond acceptors (Lipinski definition) is 6. The van der Waals surface area contributed by atoms with E-state index in [1.165, 1.54) is 13.0 Å². The molecule has 0 unspecified atom stereocenters. The lowest BCUT2D eigenvalue weighted by Crippen LogP contribution is -2.50. The van der Waals surface area contributed by atoms with Gasteiger partial charge in [-0.15, -0.1) is 0 Å². The summed E-state index contributed by atoms with van der Waals surface area (Å²) in [5.41, 5.74) is -1.72. The van der Waals surface area contributed by atoms with Crippen molar-refractivity contribution in [1.82, 2.24) is 0 Å². The lowest BCUT2D eigenvalue weighted by molar-refractivity contribution is -0.138. The van der Waals surface area contributed by atoms with Gasteiger partial charge in [0, 0.05) is 16.4 Å². The average molecular weight is 343 g/mol. The molecule has 3 aliphatic carbocycles. The zero-order chi connectivity index (χ0) is 17.4. The molecule has 7 nitrogen and oxygen atoms in total. The van der Waals surface area contributed by atoms with Crippen molar-refractivity contribution in [3.8, 4) is 0 Å². The minimum atomic E-state index is -4.16. The van der Waals surface area contributed by atoms with Gasteiger partial charge in [-0.25, -0.2) is 5.14 Å². The Morgan fingerprint density at radius 2 is 1.96 bits per heavy atom. The number of ketones is 1. The molecule has 23 heavy (non-hydrogen) atoms. The quantitative estimate of drug-likeness (QED) is 0.659. The van der Waals surface area contributed by atoms with Crippen molar-refractivity contribution < 1.29 is 27.6 Å². The van der Waals surface area contributed by atoms with Gasteiger partial charge in [0.15, 0.2) is 5.78 Å². The van der Waals surface area contributed by atoms with Crippen LogP contribution in [0.5, 0.6) is 0 Å². The fourth-order valence-corrected chi connectivity index (χ4v) is 4.40. The standard InChI is InChI=1S/C15H21NO6S/c1-8-10-9(11(17)14(3,19)15(8)4-5-15)6-13(2,12(10)18)7-22-23(16,20)21/h6,12,18-19H,4-5,7H2,1-3H3,(H2,16,20,21)/t12-,13+,14+/m1/s1. The Morgan fingerprint density at radius 3 is 2.43 bits per heavy atom. The van der Waals surface area contributed by atoms with Gasteiger partial charge >= 0.3 is 10.3 Å². The average Bonchev–Trinajstić information content (AvgIpc) is 3.18. The van der Waals surface area contributed by atoms with Gasteiger partial charge in [0.2, 0.25) is 0 Å². The highest BCUT2D eigenvalue weighted by Gasteiger charge is 2.66. The van der Waals surface area contributed by atoms with Gasteiger partial charge in [0.05, 0.1) is 12.7 Å². The maximum absolute atomic E-state index is 12.7. The fourth-order valence-electron chi connectivity index (χ4n) is 3.98. The predicted octanol–water partition coefficient (Wildman–Crippen LogP) is -0.0559. The smallest absolute Gasteiger partial charge is 0.333 e. The number of rotatable bonds is 3. The molecule has 0 bridgehead atoms. The summed E-state index contributed by atoms with van der Waals surface area (Å²) in [5, 5.41) is 26.3. The number of Topliss-reactive ketones (excluding diaryl/α,β-unsaturated/α-hetero) is 1. The molecule has 0 aromatic heterocycles. The first-order valence-corrected chi connectivity index (χ1v) is 8.90. The van der Waals surface area contributed by atoms with Crippen molar-refractivity contribution in [1.29, 1.82) is 0 Å². The molecule has 3 atom stereocenters. The molecule has 128 valence electrons. The van der Waals surface area contributed by atoms with Crippen LogP contribution >= 0.6 is 0 Å². The lowest BCUT2D eigenvalue weighted by Gasteiger charge is -2.39. The summed E-state index contributed by atoms with van der Waals surface area (Å²) < 4.78 is 26.7. The molecule has 0 aromatic rings. The third-order valence-electron chi connectivity index (χ3n) is 5.69. The summed E-state index contributed by atoms with van der Waals surface area (Å²) in [7, 11) is -4.16. The summed E-state index contributed by atoms with van der Waals surface area (Å²) in [5.74, 6) is -0.436. The highest BCUT2D eigenvalue weighted by molar-refractivity contribution is 7.84. The van der Waals surface area contributed by atoms with E-state index in [9.17, 15) is 23.4 Å². The number of nitrogens with two attached hydrogens (primary N) is 1. The second-order valence-corrected chi connectivity index (χ2v) is 8.46. The molecule has 0 amide bonds. The Kier molecular flexibility index (Phi) is 3.30. The lowest BCUT2D eigenvalue weighted by atomic mass is 9.67. The molecule has 0 heterocycles. The molecule has 3 aliphatic rings. The molecule has 8 heteroatoms. The molecule has 3 rings (SSSR count). The largest absolute Gasteiger partial charge is 0.387 e. The van der Waals surface area contributed by atoms with E-state index in [0.717, 1.165) is 5.57 Å². The van der Waals surface area contributed by atoms with Gasteiger partial charge in [-0.3, -0.25) is 8.98 Å². The molecule has 1 fully saturated rings. The maximum Gasteiger partial charge on any atom is 0.333 e. The first-order valence-electron chi connectivity index (χ1n) is 7.43. The molecular formula is C15H21NO6S. The van der Waals surface area contributed by atoms with E-state index >= 15 is 0 Å². The van der Waals surface area contributed by atoms with Crippen LogP contribution in [0.2, 0.25) is 0 Å². The van der Waals surface area contributed by atoms with Crippen LogP contribution in [0.25, 0.3) is 0 Å². The van der Waals surface area contributed by atoms with Crippen LogP contribution in [0.1, 0.15) is 33.6 Å². The first-order chi connectivity index (χ1) is 10.4. The monoisotopic (exact) mass is 343 g/mol. The van der Waals surface area contributed by atoms with Gasteiger partial charge < -0.3 is 10.2 Å². The van der Waals surface area contributed by atoms with Crippen molar-refractivity contribution in [2.75, 3.05) is 6.61 Å². The molecule has 4 N–H and O–H groups in total. The number of aliphatic hydroxyl groups excluding tert-OH is 1. The highest BCUT2D eigenvalue weighted by Crippen LogP contribution is 2.65. The van der Waals surface area contributed by atoms with Crippen molar-refractivity contribution in [2.45, 2.75) is 45.3 Å². The van der Waals surface area contributed by atoms with Crippen LogP contribution in [0, 0.1) is 10.8 Å². The topological polar surface area (TPSA) is 127 Å². The van der Waals surface area contributed by atoms with Gasteiger partial charge in [0.1, 0.15) is 5.60 Å². The van der Waals surface area contributed by atoms with E-state index in [1.54, 1.807) is 6.92 Å². The Labute approximate surface area is 135 Å². The maximum atomic E-state index is 12.7. The number of carbonyl (C=O) groups excluding carboxylic acids is 1. The second-order valence-electron chi connectivity index (χ2n) is 7.24. The normalized spacial score (nSPS) is 38.8. The Balaban J connectivity index is 2.07. The van der Waals surface area contributed by atoms with E-state index in [-0.39, 0.29) is 12.2 Å². The number of hydrogen-bond donors (Lipinski definition) is 3. The van der Waals surface area contributed by atoms with Crippen LogP contribution in [0.4, 0.5) is 0 Å². The second kappa shape index (κ2) is 4.52. The Hall–Kier alpha value is -1.06. The summed E-state index contributed by atoms with van der Waals surface area (Å²) in [6.45, 7) is 4.53. The molecule has 0 saturated heterocycles. The third-order valence-corrected chi connectivity index (χ3v) is 6.13. The summed E-state index contributed by atoms with van der Waals surface area (Å²) >= 11 is 0. The number of fused-ring (bicyclic) bond motifs is 1. The highest BCUT2D eigenvalue weighted by atomic mass is 32.2. The molecule has 0 aromatic carbocycles. The summed E-state index contributed by atoms with van der Waals surface area (Å²) in [4.78, 5) is 12.7. The number of carbonyl (C=O) groups is 1. The minimum Gasteiger partial charge on any atom is -0.387 e. The van der Waals surface area contributed by atoms with E-state index in [4.69, 9.17) is 5.14 Å². The third kappa shape index (κ3) is 2.16. The molecule has 1 spiro atoms. The number of aliphatic hydroxyl groups is 2. The van der Waals surface area contributed by atoms with Gasteiger partial charge in [0.25, 0.3) is 0 Å². The fraction of sp³-hybridized carbons (Fsp3) is 0.667. The Bertz CT molecular complexity index is 759. The predicted molar refractivity (Wildman–Crippen MR) is 81.3 cm³/mol. The van der Waals surface area contributed by atoms with Gasteiger partial charge in [-0.2, -0.15) is 8.42 Å². The van der Waals surface area contributed by atoms with Crippen molar-refractivity contribution in [3.05, 3.63) is 22.8 Å². The van der Waals surface area contributed by atoms with E-state index in [2.05, 4.69) is 4.18 Å². The minimum absolute atomic E-state index is 0.248. The van der Waals surface area contributed by atoms with E-state index < -0.39 is 38.6 Å². The van der Waals surface area contributed by atoms with Crippen LogP contribution in [-0.2, 0) is 19.3 Å². The molecule has 1 saturated carbocycles. The van der Waals surface area contributed by atoms with E-state index in [0.29, 0.717) is 18.4 Å². The molecular weight excluding hydrogens is 322 g/mol. The Morgan fingerprint density at radius 1 is 1.39 bits per heavy atom. The van der Waals surface area contributed by atoms with Crippen LogP contribution in [0.3, 0.4) is 0 Å². The zero-order valence-electron chi connectivity index (χ0n) is 13.3.